The molecular formula is C16H26BrNO. The molecule has 0 radical (unpaired) electrons. The van der Waals surface area contributed by atoms with Gasteiger partial charge >= 0.3 is 0 Å². The van der Waals surface area contributed by atoms with Crippen molar-refractivity contribution in [1.29, 1.82) is 0 Å². The zero-order valence-electron chi connectivity index (χ0n) is 12.3. The van der Waals surface area contributed by atoms with E-state index in [2.05, 4.69) is 65.0 Å². The molecule has 0 spiro atoms. The molecule has 0 amide bonds. The normalized spacial score (nSPS) is 14.6. The summed E-state index contributed by atoms with van der Waals surface area (Å²) < 4.78 is 5.23. The quantitative estimate of drug-likeness (QED) is 0.637. The van der Waals surface area contributed by atoms with E-state index in [1.165, 1.54) is 12.0 Å². The summed E-state index contributed by atoms with van der Waals surface area (Å²) in [6.07, 6.45) is 1.17. The Bertz CT molecular complexity index is 331. The molecule has 0 saturated carbocycles. The van der Waals surface area contributed by atoms with Gasteiger partial charge in [-0.05, 0) is 18.9 Å². The molecule has 1 aromatic rings. The Morgan fingerprint density at radius 2 is 1.95 bits per heavy atom. The van der Waals surface area contributed by atoms with Crippen molar-refractivity contribution in [1.82, 2.24) is 4.90 Å². The standard InChI is InChI=1S/C16H26BrNO/c1-4-14(2)18(10-11-19-3)13-16(12-17)15-8-6-5-7-9-15/h5-9,14,16H,4,10-13H2,1-3H3. The van der Waals surface area contributed by atoms with Crippen LogP contribution in [0.5, 0.6) is 0 Å². The van der Waals surface area contributed by atoms with Crippen LogP contribution in [0.1, 0.15) is 31.7 Å². The Labute approximate surface area is 126 Å². The molecule has 108 valence electrons. The van der Waals surface area contributed by atoms with Gasteiger partial charge in [-0.1, -0.05) is 53.2 Å². The Kier molecular flexibility index (Phi) is 8.35. The molecule has 0 aromatic heterocycles. The van der Waals surface area contributed by atoms with Crippen molar-refractivity contribution in [2.24, 2.45) is 0 Å². The highest BCUT2D eigenvalue weighted by atomic mass is 79.9. The SMILES string of the molecule is CCC(C)N(CCOC)CC(CBr)c1ccccc1. The zero-order chi connectivity index (χ0) is 14.1. The highest BCUT2D eigenvalue weighted by molar-refractivity contribution is 9.09. The van der Waals surface area contributed by atoms with Gasteiger partial charge in [-0.15, -0.1) is 0 Å². The Morgan fingerprint density at radius 1 is 1.26 bits per heavy atom. The predicted octanol–water partition coefficient (Wildman–Crippen LogP) is 3.91. The zero-order valence-corrected chi connectivity index (χ0v) is 13.9. The van der Waals surface area contributed by atoms with E-state index in [1.54, 1.807) is 7.11 Å². The maximum absolute atomic E-state index is 5.23. The van der Waals surface area contributed by atoms with Crippen molar-refractivity contribution >= 4 is 15.9 Å². The second-order valence-electron chi connectivity index (χ2n) is 5.01. The monoisotopic (exact) mass is 327 g/mol. The van der Waals surface area contributed by atoms with E-state index < -0.39 is 0 Å². The summed E-state index contributed by atoms with van der Waals surface area (Å²) in [4.78, 5) is 2.53. The van der Waals surface area contributed by atoms with Gasteiger partial charge in [0.1, 0.15) is 0 Å². The number of methoxy groups -OCH3 is 1. The summed E-state index contributed by atoms with van der Waals surface area (Å²) >= 11 is 3.66. The highest BCUT2D eigenvalue weighted by Gasteiger charge is 2.18. The molecule has 2 unspecified atom stereocenters. The Morgan fingerprint density at radius 3 is 2.47 bits per heavy atom. The number of benzene rings is 1. The van der Waals surface area contributed by atoms with Gasteiger partial charge in [0.25, 0.3) is 0 Å². The first-order valence-electron chi connectivity index (χ1n) is 7.06. The molecular weight excluding hydrogens is 302 g/mol. The summed E-state index contributed by atoms with van der Waals surface area (Å²) in [5.41, 5.74) is 1.41. The topological polar surface area (TPSA) is 12.5 Å². The number of rotatable bonds is 9. The molecule has 0 saturated heterocycles. The molecule has 0 aliphatic carbocycles. The van der Waals surface area contributed by atoms with E-state index in [1.807, 2.05) is 0 Å². The van der Waals surface area contributed by atoms with Gasteiger partial charge in [-0.3, -0.25) is 4.90 Å². The van der Waals surface area contributed by atoms with Crippen molar-refractivity contribution < 1.29 is 4.74 Å². The van der Waals surface area contributed by atoms with E-state index in [0.29, 0.717) is 12.0 Å². The Balaban J connectivity index is 2.69. The fraction of sp³-hybridized carbons (Fsp3) is 0.625. The lowest BCUT2D eigenvalue weighted by Crippen LogP contribution is -2.38. The lowest BCUT2D eigenvalue weighted by Gasteiger charge is -2.31. The number of hydrogen-bond acceptors (Lipinski definition) is 2. The van der Waals surface area contributed by atoms with Crippen molar-refractivity contribution in [2.75, 3.05) is 32.1 Å². The number of ether oxygens (including phenoxy) is 1. The summed E-state index contributed by atoms with van der Waals surface area (Å²) in [5.74, 6) is 0.534. The summed E-state index contributed by atoms with van der Waals surface area (Å²) in [7, 11) is 1.77. The molecule has 2 atom stereocenters. The summed E-state index contributed by atoms with van der Waals surface area (Å²) in [5, 5.41) is 0.997. The van der Waals surface area contributed by atoms with E-state index in [4.69, 9.17) is 4.74 Å². The molecule has 3 heteroatoms. The van der Waals surface area contributed by atoms with Crippen LogP contribution >= 0.6 is 15.9 Å². The second kappa shape index (κ2) is 9.51. The van der Waals surface area contributed by atoms with E-state index in [9.17, 15) is 0 Å². The van der Waals surface area contributed by atoms with Crippen LogP contribution in [-0.4, -0.2) is 43.1 Å². The van der Waals surface area contributed by atoms with Crippen molar-refractivity contribution in [2.45, 2.75) is 32.2 Å². The van der Waals surface area contributed by atoms with Gasteiger partial charge in [0.05, 0.1) is 6.61 Å². The van der Waals surface area contributed by atoms with Crippen LogP contribution in [0.3, 0.4) is 0 Å². The maximum Gasteiger partial charge on any atom is 0.0589 e. The van der Waals surface area contributed by atoms with E-state index in [-0.39, 0.29) is 0 Å². The van der Waals surface area contributed by atoms with Crippen molar-refractivity contribution in [3.63, 3.8) is 0 Å². The van der Waals surface area contributed by atoms with Gasteiger partial charge in [0.2, 0.25) is 0 Å². The summed E-state index contributed by atoms with van der Waals surface area (Å²) in [6.45, 7) is 7.42. The lowest BCUT2D eigenvalue weighted by atomic mass is 10.00. The minimum absolute atomic E-state index is 0.534. The molecule has 1 rings (SSSR count). The molecule has 19 heavy (non-hydrogen) atoms. The minimum Gasteiger partial charge on any atom is -0.383 e. The van der Waals surface area contributed by atoms with Crippen molar-refractivity contribution in [3.8, 4) is 0 Å². The number of alkyl halides is 1. The Hall–Kier alpha value is -0.380. The molecule has 0 aliphatic rings. The smallest absolute Gasteiger partial charge is 0.0589 e. The lowest BCUT2D eigenvalue weighted by molar-refractivity contribution is 0.119. The molecule has 0 N–H and O–H groups in total. The van der Waals surface area contributed by atoms with Crippen molar-refractivity contribution in [3.05, 3.63) is 35.9 Å². The molecule has 0 aliphatic heterocycles. The average Bonchev–Trinajstić information content (AvgIpc) is 2.47. The first kappa shape index (κ1) is 16.7. The second-order valence-corrected chi connectivity index (χ2v) is 5.65. The number of hydrogen-bond donors (Lipinski definition) is 0. The fourth-order valence-electron chi connectivity index (χ4n) is 2.21. The largest absolute Gasteiger partial charge is 0.383 e. The van der Waals surface area contributed by atoms with Gasteiger partial charge in [-0.25, -0.2) is 0 Å². The first-order valence-corrected chi connectivity index (χ1v) is 8.18. The fourth-order valence-corrected chi connectivity index (χ4v) is 2.79. The van der Waals surface area contributed by atoms with Crippen LogP contribution < -0.4 is 0 Å². The summed E-state index contributed by atoms with van der Waals surface area (Å²) in [6, 6.07) is 11.3. The van der Waals surface area contributed by atoms with Crippen LogP contribution in [0.4, 0.5) is 0 Å². The van der Waals surface area contributed by atoms with Gasteiger partial charge in [-0.2, -0.15) is 0 Å². The third-order valence-corrected chi connectivity index (χ3v) is 4.49. The molecule has 0 fully saturated rings. The number of nitrogens with zero attached hydrogens (tertiary/aromatic N) is 1. The van der Waals surface area contributed by atoms with Crippen LogP contribution in [0.15, 0.2) is 30.3 Å². The van der Waals surface area contributed by atoms with E-state index in [0.717, 1.165) is 25.0 Å². The molecule has 0 heterocycles. The van der Waals surface area contributed by atoms with Gasteiger partial charge < -0.3 is 4.74 Å². The van der Waals surface area contributed by atoms with Crippen LogP contribution in [0.2, 0.25) is 0 Å². The molecule has 1 aromatic carbocycles. The van der Waals surface area contributed by atoms with Crippen LogP contribution in [0, 0.1) is 0 Å². The average molecular weight is 328 g/mol. The predicted molar refractivity (Wildman–Crippen MR) is 86.2 cm³/mol. The van der Waals surface area contributed by atoms with Gasteiger partial charge in [0, 0.05) is 37.5 Å². The third-order valence-electron chi connectivity index (χ3n) is 3.71. The minimum atomic E-state index is 0.534. The molecule has 0 bridgehead atoms. The van der Waals surface area contributed by atoms with Gasteiger partial charge in [0.15, 0.2) is 0 Å². The van der Waals surface area contributed by atoms with E-state index >= 15 is 0 Å². The van der Waals surface area contributed by atoms with Crippen LogP contribution in [-0.2, 0) is 4.74 Å². The van der Waals surface area contributed by atoms with Crippen LogP contribution in [0.25, 0.3) is 0 Å². The first-order chi connectivity index (χ1) is 9.22. The highest BCUT2D eigenvalue weighted by Crippen LogP contribution is 2.21. The number of halogens is 1. The third kappa shape index (κ3) is 5.64. The molecule has 2 nitrogen and oxygen atoms in total. The maximum atomic E-state index is 5.23.